The van der Waals surface area contributed by atoms with Crippen molar-refractivity contribution in [2.45, 2.75) is 45.2 Å². The Balaban J connectivity index is 1.72. The van der Waals surface area contributed by atoms with Crippen molar-refractivity contribution >= 4 is 11.8 Å². The third-order valence-corrected chi connectivity index (χ3v) is 4.15. The van der Waals surface area contributed by atoms with Crippen molar-refractivity contribution in [3.05, 3.63) is 23.7 Å². The van der Waals surface area contributed by atoms with E-state index in [1.54, 1.807) is 4.90 Å². The van der Waals surface area contributed by atoms with E-state index in [2.05, 4.69) is 0 Å². The molecule has 108 valence electrons. The highest BCUT2D eigenvalue weighted by atomic mass is 16.3. The molecule has 0 bridgehead atoms. The zero-order valence-electron chi connectivity index (χ0n) is 11.8. The van der Waals surface area contributed by atoms with Gasteiger partial charge in [-0.25, -0.2) is 0 Å². The van der Waals surface area contributed by atoms with Crippen LogP contribution in [-0.2, 0) is 16.1 Å². The number of hydrogen-bond acceptors (Lipinski definition) is 3. The zero-order chi connectivity index (χ0) is 14.1. The number of aryl methyl sites for hydroxylation is 1. The SMILES string of the molecule is Cc1ccc(CN2C(=O)CCC2C(=O)N2CCCC2)o1. The second kappa shape index (κ2) is 5.31. The third kappa shape index (κ3) is 2.44. The molecular weight excluding hydrogens is 256 g/mol. The molecule has 0 N–H and O–H groups in total. The number of carbonyl (C=O) groups is 2. The number of furan rings is 1. The topological polar surface area (TPSA) is 53.8 Å². The lowest BCUT2D eigenvalue weighted by Gasteiger charge is -2.27. The highest BCUT2D eigenvalue weighted by molar-refractivity contribution is 5.91. The highest BCUT2D eigenvalue weighted by Crippen LogP contribution is 2.25. The predicted octanol–water partition coefficient (Wildman–Crippen LogP) is 1.70. The van der Waals surface area contributed by atoms with E-state index < -0.39 is 0 Å². The van der Waals surface area contributed by atoms with Gasteiger partial charge in [0.05, 0.1) is 6.54 Å². The molecule has 2 aliphatic rings. The first-order valence-electron chi connectivity index (χ1n) is 7.29. The lowest BCUT2D eigenvalue weighted by molar-refractivity contribution is -0.141. The Morgan fingerprint density at radius 3 is 2.75 bits per heavy atom. The Labute approximate surface area is 118 Å². The molecule has 1 unspecified atom stereocenters. The van der Waals surface area contributed by atoms with Crippen LogP contribution in [0.25, 0.3) is 0 Å². The second-order valence-corrected chi connectivity index (χ2v) is 5.62. The molecule has 0 aliphatic carbocycles. The van der Waals surface area contributed by atoms with Gasteiger partial charge in [-0.3, -0.25) is 9.59 Å². The van der Waals surface area contributed by atoms with Crippen molar-refractivity contribution in [3.63, 3.8) is 0 Å². The minimum absolute atomic E-state index is 0.0524. The Morgan fingerprint density at radius 1 is 1.35 bits per heavy atom. The molecule has 2 aliphatic heterocycles. The molecule has 5 heteroatoms. The smallest absolute Gasteiger partial charge is 0.245 e. The quantitative estimate of drug-likeness (QED) is 0.844. The summed E-state index contributed by atoms with van der Waals surface area (Å²) in [5, 5.41) is 0. The van der Waals surface area contributed by atoms with Crippen LogP contribution in [0.1, 0.15) is 37.2 Å². The number of amides is 2. The highest BCUT2D eigenvalue weighted by Gasteiger charge is 2.39. The monoisotopic (exact) mass is 276 g/mol. The summed E-state index contributed by atoms with van der Waals surface area (Å²) in [5.74, 6) is 1.74. The summed E-state index contributed by atoms with van der Waals surface area (Å²) in [6.07, 6.45) is 3.24. The van der Waals surface area contributed by atoms with Crippen molar-refractivity contribution in [2.75, 3.05) is 13.1 Å². The first-order valence-corrected chi connectivity index (χ1v) is 7.29. The van der Waals surface area contributed by atoms with Gasteiger partial charge in [-0.15, -0.1) is 0 Å². The summed E-state index contributed by atoms with van der Waals surface area (Å²) in [7, 11) is 0. The maximum Gasteiger partial charge on any atom is 0.245 e. The molecule has 3 heterocycles. The standard InChI is InChI=1S/C15H20N2O3/c1-11-4-5-12(20-11)10-17-13(6-7-14(17)18)15(19)16-8-2-3-9-16/h4-5,13H,2-3,6-10H2,1H3. The van der Waals surface area contributed by atoms with Crippen molar-refractivity contribution in [1.82, 2.24) is 9.80 Å². The van der Waals surface area contributed by atoms with Gasteiger partial charge in [-0.2, -0.15) is 0 Å². The van der Waals surface area contributed by atoms with Crippen molar-refractivity contribution in [1.29, 1.82) is 0 Å². The van der Waals surface area contributed by atoms with Gasteiger partial charge in [0.25, 0.3) is 0 Å². The summed E-state index contributed by atoms with van der Waals surface area (Å²) in [6.45, 7) is 3.94. The fraction of sp³-hybridized carbons (Fsp3) is 0.600. The van der Waals surface area contributed by atoms with E-state index in [1.165, 1.54) is 0 Å². The van der Waals surface area contributed by atoms with Crippen LogP contribution in [0.4, 0.5) is 0 Å². The molecule has 2 fully saturated rings. The molecule has 2 saturated heterocycles. The molecule has 0 aromatic carbocycles. The van der Waals surface area contributed by atoms with Crippen LogP contribution >= 0.6 is 0 Å². The van der Waals surface area contributed by atoms with Crippen LogP contribution in [0.3, 0.4) is 0 Å². The van der Waals surface area contributed by atoms with Crippen molar-refractivity contribution in [3.8, 4) is 0 Å². The van der Waals surface area contributed by atoms with Gasteiger partial charge in [0.15, 0.2) is 0 Å². The lowest BCUT2D eigenvalue weighted by atomic mass is 10.2. The molecule has 3 rings (SSSR count). The van der Waals surface area contributed by atoms with Crippen LogP contribution < -0.4 is 0 Å². The molecule has 5 nitrogen and oxygen atoms in total. The van der Waals surface area contributed by atoms with Crippen LogP contribution in [0.15, 0.2) is 16.5 Å². The van der Waals surface area contributed by atoms with E-state index in [1.807, 2.05) is 24.0 Å². The number of carbonyl (C=O) groups excluding carboxylic acids is 2. The largest absolute Gasteiger partial charge is 0.464 e. The van der Waals surface area contributed by atoms with E-state index in [9.17, 15) is 9.59 Å². The first kappa shape index (κ1) is 13.2. The maximum atomic E-state index is 12.5. The van der Waals surface area contributed by atoms with E-state index in [0.29, 0.717) is 19.4 Å². The minimum atomic E-state index is -0.300. The lowest BCUT2D eigenvalue weighted by Crippen LogP contribution is -2.45. The summed E-state index contributed by atoms with van der Waals surface area (Å²) in [4.78, 5) is 28.1. The van der Waals surface area contributed by atoms with Crippen LogP contribution in [0, 0.1) is 6.92 Å². The van der Waals surface area contributed by atoms with Gasteiger partial charge in [0.1, 0.15) is 17.6 Å². The molecule has 1 aromatic heterocycles. The van der Waals surface area contributed by atoms with Crippen LogP contribution in [-0.4, -0.2) is 40.7 Å². The van der Waals surface area contributed by atoms with Crippen molar-refractivity contribution in [2.24, 2.45) is 0 Å². The zero-order valence-corrected chi connectivity index (χ0v) is 11.8. The molecule has 0 radical (unpaired) electrons. The van der Waals surface area contributed by atoms with Crippen molar-refractivity contribution < 1.29 is 14.0 Å². The summed E-state index contributed by atoms with van der Waals surface area (Å²) < 4.78 is 5.53. The predicted molar refractivity (Wildman–Crippen MR) is 72.8 cm³/mol. The number of hydrogen-bond donors (Lipinski definition) is 0. The van der Waals surface area contributed by atoms with Gasteiger partial charge in [-0.05, 0) is 38.3 Å². The fourth-order valence-corrected chi connectivity index (χ4v) is 3.07. The Hall–Kier alpha value is -1.78. The summed E-state index contributed by atoms with van der Waals surface area (Å²) in [5.41, 5.74) is 0. The van der Waals surface area contributed by atoms with Gasteiger partial charge in [-0.1, -0.05) is 0 Å². The second-order valence-electron chi connectivity index (χ2n) is 5.62. The number of likely N-dealkylation sites (tertiary alicyclic amines) is 2. The minimum Gasteiger partial charge on any atom is -0.464 e. The summed E-state index contributed by atoms with van der Waals surface area (Å²) in [6, 6.07) is 3.46. The molecule has 2 amide bonds. The molecule has 1 aromatic rings. The molecule has 20 heavy (non-hydrogen) atoms. The first-order chi connectivity index (χ1) is 9.65. The molecule has 1 atom stereocenters. The van der Waals surface area contributed by atoms with Crippen LogP contribution in [0.5, 0.6) is 0 Å². The van der Waals surface area contributed by atoms with Crippen LogP contribution in [0.2, 0.25) is 0 Å². The average molecular weight is 276 g/mol. The Kier molecular flexibility index (Phi) is 3.51. The molecule has 0 spiro atoms. The summed E-state index contributed by atoms with van der Waals surface area (Å²) >= 11 is 0. The average Bonchev–Trinajstić information content (AvgIpc) is 3.13. The van der Waals surface area contributed by atoms with E-state index in [0.717, 1.165) is 37.5 Å². The normalized spacial score (nSPS) is 22.9. The maximum absolute atomic E-state index is 12.5. The Bertz CT molecular complexity index is 517. The fourth-order valence-electron chi connectivity index (χ4n) is 3.07. The number of nitrogens with zero attached hydrogens (tertiary/aromatic N) is 2. The van der Waals surface area contributed by atoms with Gasteiger partial charge < -0.3 is 14.2 Å². The molecule has 0 saturated carbocycles. The van der Waals surface area contributed by atoms with Gasteiger partial charge in [0, 0.05) is 19.5 Å². The van der Waals surface area contributed by atoms with Gasteiger partial charge in [0.2, 0.25) is 11.8 Å². The third-order valence-electron chi connectivity index (χ3n) is 4.15. The van der Waals surface area contributed by atoms with E-state index >= 15 is 0 Å². The van der Waals surface area contributed by atoms with E-state index in [-0.39, 0.29) is 17.9 Å². The number of rotatable bonds is 3. The molecular formula is C15H20N2O3. The Morgan fingerprint density at radius 2 is 2.10 bits per heavy atom. The van der Waals surface area contributed by atoms with E-state index in [4.69, 9.17) is 4.42 Å². The van der Waals surface area contributed by atoms with Gasteiger partial charge >= 0.3 is 0 Å².